The van der Waals surface area contributed by atoms with Crippen molar-refractivity contribution >= 4 is 22.6 Å². The number of hydrogen-bond acceptors (Lipinski definition) is 2. The minimum Gasteiger partial charge on any atom is -0.189 e. The summed E-state index contributed by atoms with van der Waals surface area (Å²) in [5.74, 6) is -4.95. The number of alkyl halides is 5. The van der Waals surface area contributed by atoms with Gasteiger partial charge in [0.25, 0.3) is 0 Å². The minimum absolute atomic E-state index is 0.240. The molecule has 1 rings (SSSR count). The molecule has 0 aliphatic heterocycles. The first-order valence-electron chi connectivity index (χ1n) is 3.19. The Kier molecular flexibility index (Phi) is 2.93. The van der Waals surface area contributed by atoms with Crippen LogP contribution in [0.5, 0.6) is 0 Å². The van der Waals surface area contributed by atoms with Gasteiger partial charge in [-0.2, -0.15) is 22.0 Å². The lowest BCUT2D eigenvalue weighted by molar-refractivity contribution is -0.291. The molecule has 14 heavy (non-hydrogen) atoms. The van der Waals surface area contributed by atoms with Crippen molar-refractivity contribution in [2.75, 3.05) is 0 Å². The third-order valence-corrected chi connectivity index (χ3v) is 1.89. The molecule has 78 valence electrons. The summed E-state index contributed by atoms with van der Waals surface area (Å²) in [5.41, 5.74) is -1.40. The molecule has 0 fully saturated rings. The van der Waals surface area contributed by atoms with Crippen LogP contribution in [0.3, 0.4) is 0 Å². The predicted octanol–water partition coefficient (Wildman–Crippen LogP) is 2.74. The van der Waals surface area contributed by atoms with E-state index in [4.69, 9.17) is 0 Å². The Morgan fingerprint density at radius 2 is 1.57 bits per heavy atom. The molecule has 0 bridgehead atoms. The van der Waals surface area contributed by atoms with Crippen LogP contribution in [0.2, 0.25) is 0 Å². The van der Waals surface area contributed by atoms with E-state index in [2.05, 4.69) is 10.2 Å². The van der Waals surface area contributed by atoms with Crippen LogP contribution >= 0.6 is 22.6 Å². The molecule has 0 saturated heterocycles. The number of halogens is 6. The van der Waals surface area contributed by atoms with E-state index < -0.39 is 17.8 Å². The van der Waals surface area contributed by atoms with Crippen LogP contribution in [0.1, 0.15) is 5.69 Å². The Morgan fingerprint density at radius 3 is 1.93 bits per heavy atom. The number of rotatable bonds is 1. The number of aromatic nitrogens is 2. The zero-order valence-electron chi connectivity index (χ0n) is 6.32. The number of nitrogens with zero attached hydrogens (tertiary/aromatic N) is 2. The number of hydrogen-bond donors (Lipinski definition) is 0. The van der Waals surface area contributed by atoms with Gasteiger partial charge in [-0.3, -0.25) is 0 Å². The van der Waals surface area contributed by atoms with Crippen molar-refractivity contribution < 1.29 is 22.0 Å². The molecule has 0 N–H and O–H groups in total. The van der Waals surface area contributed by atoms with Gasteiger partial charge in [-0.05, 0) is 34.7 Å². The largest absolute Gasteiger partial charge is 0.459 e. The van der Waals surface area contributed by atoms with Crippen molar-refractivity contribution in [3.63, 3.8) is 0 Å². The van der Waals surface area contributed by atoms with Gasteiger partial charge in [0.05, 0.1) is 0 Å². The standard InChI is InChI=1S/C6H2F5IN2/c7-5(8,6(9,10)11)3-1-2-4(12)14-13-3/h1-2H. The fraction of sp³-hybridized carbons (Fsp3) is 0.333. The average Bonchev–Trinajstić information content (AvgIpc) is 2.03. The van der Waals surface area contributed by atoms with Gasteiger partial charge >= 0.3 is 12.1 Å². The van der Waals surface area contributed by atoms with E-state index in [1.807, 2.05) is 0 Å². The van der Waals surface area contributed by atoms with Gasteiger partial charge in [-0.25, -0.2) is 0 Å². The van der Waals surface area contributed by atoms with Crippen molar-refractivity contribution in [3.05, 3.63) is 21.5 Å². The van der Waals surface area contributed by atoms with E-state index in [0.29, 0.717) is 6.07 Å². The maximum absolute atomic E-state index is 12.6. The van der Waals surface area contributed by atoms with Gasteiger partial charge in [0, 0.05) is 0 Å². The summed E-state index contributed by atoms with van der Waals surface area (Å²) in [6.45, 7) is 0. The van der Waals surface area contributed by atoms with E-state index in [9.17, 15) is 22.0 Å². The molecule has 1 aromatic heterocycles. The van der Waals surface area contributed by atoms with Gasteiger partial charge in [0.15, 0.2) is 0 Å². The summed E-state index contributed by atoms with van der Waals surface area (Å²) in [7, 11) is 0. The first-order chi connectivity index (χ1) is 6.25. The Hall–Kier alpha value is -0.540. The fourth-order valence-corrected chi connectivity index (χ4v) is 0.916. The summed E-state index contributed by atoms with van der Waals surface area (Å²) >= 11 is 1.65. The molecule has 0 radical (unpaired) electrons. The highest BCUT2D eigenvalue weighted by molar-refractivity contribution is 14.1. The van der Waals surface area contributed by atoms with Crippen molar-refractivity contribution in [1.29, 1.82) is 0 Å². The summed E-state index contributed by atoms with van der Waals surface area (Å²) < 4.78 is 60.8. The van der Waals surface area contributed by atoms with E-state index in [1.54, 1.807) is 22.6 Å². The summed E-state index contributed by atoms with van der Waals surface area (Å²) in [5, 5.41) is 5.90. The third kappa shape index (κ3) is 2.10. The Bertz CT molecular complexity index is 320. The lowest BCUT2D eigenvalue weighted by Crippen LogP contribution is -2.34. The Morgan fingerprint density at radius 1 is 1.00 bits per heavy atom. The van der Waals surface area contributed by atoms with Crippen molar-refractivity contribution in [2.24, 2.45) is 0 Å². The normalized spacial score (nSPS) is 13.0. The second-order valence-corrected chi connectivity index (χ2v) is 3.42. The molecule has 2 nitrogen and oxygen atoms in total. The van der Waals surface area contributed by atoms with Crippen LogP contribution in [-0.2, 0) is 5.92 Å². The molecule has 0 aliphatic rings. The monoisotopic (exact) mass is 324 g/mol. The smallest absolute Gasteiger partial charge is 0.189 e. The topological polar surface area (TPSA) is 25.8 Å². The van der Waals surface area contributed by atoms with Gasteiger partial charge in [0.2, 0.25) is 0 Å². The van der Waals surface area contributed by atoms with E-state index in [0.717, 1.165) is 6.07 Å². The molecule has 1 aromatic rings. The molecule has 0 unspecified atom stereocenters. The van der Waals surface area contributed by atoms with Gasteiger partial charge in [-0.15, -0.1) is 10.2 Å². The Balaban J connectivity index is 3.10. The van der Waals surface area contributed by atoms with Crippen LogP contribution < -0.4 is 0 Å². The third-order valence-electron chi connectivity index (χ3n) is 1.31. The molecular weight excluding hydrogens is 322 g/mol. The molecule has 8 heteroatoms. The molecule has 0 aliphatic carbocycles. The van der Waals surface area contributed by atoms with Crippen molar-refractivity contribution in [3.8, 4) is 0 Å². The zero-order valence-corrected chi connectivity index (χ0v) is 8.47. The van der Waals surface area contributed by atoms with Crippen molar-refractivity contribution in [2.45, 2.75) is 12.1 Å². The zero-order chi connectivity index (χ0) is 11.0. The lowest BCUT2D eigenvalue weighted by atomic mass is 10.2. The summed E-state index contributed by atoms with van der Waals surface area (Å²) in [6, 6.07) is 1.63. The Labute approximate surface area is 88.7 Å². The predicted molar refractivity (Wildman–Crippen MR) is 44.7 cm³/mol. The quantitative estimate of drug-likeness (QED) is 0.586. The SMILES string of the molecule is FC(F)(F)C(F)(F)c1ccc(I)nn1. The highest BCUT2D eigenvalue weighted by atomic mass is 127. The van der Waals surface area contributed by atoms with E-state index >= 15 is 0 Å². The highest BCUT2D eigenvalue weighted by Crippen LogP contribution is 2.42. The van der Waals surface area contributed by atoms with Crippen LogP contribution in [0, 0.1) is 3.70 Å². The van der Waals surface area contributed by atoms with Crippen LogP contribution in [0.4, 0.5) is 22.0 Å². The van der Waals surface area contributed by atoms with E-state index in [1.165, 1.54) is 0 Å². The fourth-order valence-electron chi connectivity index (χ4n) is 0.629. The molecule has 0 atom stereocenters. The summed E-state index contributed by atoms with van der Waals surface area (Å²) in [4.78, 5) is 0. The minimum atomic E-state index is -5.64. The second kappa shape index (κ2) is 3.55. The molecule has 0 amide bonds. The molecule has 1 heterocycles. The molecule has 0 spiro atoms. The maximum Gasteiger partial charge on any atom is 0.459 e. The molecule has 0 saturated carbocycles. The first-order valence-corrected chi connectivity index (χ1v) is 4.27. The maximum atomic E-state index is 12.6. The van der Waals surface area contributed by atoms with Crippen molar-refractivity contribution in [1.82, 2.24) is 10.2 Å². The molecular formula is C6H2F5IN2. The van der Waals surface area contributed by atoms with Crippen LogP contribution in [0.25, 0.3) is 0 Å². The van der Waals surface area contributed by atoms with Crippen LogP contribution in [0.15, 0.2) is 12.1 Å². The van der Waals surface area contributed by atoms with Crippen LogP contribution in [-0.4, -0.2) is 16.4 Å². The van der Waals surface area contributed by atoms with Gasteiger partial charge in [0.1, 0.15) is 9.39 Å². The lowest BCUT2D eigenvalue weighted by Gasteiger charge is -2.17. The van der Waals surface area contributed by atoms with E-state index in [-0.39, 0.29) is 3.70 Å². The first kappa shape index (κ1) is 11.5. The van der Waals surface area contributed by atoms with Gasteiger partial charge in [-0.1, -0.05) is 0 Å². The average molecular weight is 324 g/mol. The highest BCUT2D eigenvalue weighted by Gasteiger charge is 2.60. The molecule has 0 aromatic carbocycles. The van der Waals surface area contributed by atoms with Gasteiger partial charge < -0.3 is 0 Å². The summed E-state index contributed by atoms with van der Waals surface area (Å²) in [6.07, 6.45) is -5.64. The second-order valence-electron chi connectivity index (χ2n) is 2.31.